The van der Waals surface area contributed by atoms with Gasteiger partial charge in [0, 0.05) is 6.54 Å². The Kier molecular flexibility index (Phi) is 6.79. The summed E-state index contributed by atoms with van der Waals surface area (Å²) in [6.45, 7) is 1.91. The SMILES string of the molecule is CCCNC(=O)COC(=O)c1cc(S(=O)(=O)NC)ccc1Cl. The first kappa shape index (κ1) is 18.4. The van der Waals surface area contributed by atoms with Crippen molar-refractivity contribution in [3.63, 3.8) is 0 Å². The van der Waals surface area contributed by atoms with E-state index in [1.165, 1.54) is 19.2 Å². The standard InChI is InChI=1S/C13H17ClN2O5S/c1-3-6-16-12(17)8-21-13(18)10-7-9(4-5-11(10)14)22(19,20)15-2/h4-5,7,15H,3,6,8H2,1-2H3,(H,16,17). The fraction of sp³-hybridized carbons (Fsp3) is 0.385. The summed E-state index contributed by atoms with van der Waals surface area (Å²) in [6.07, 6.45) is 0.759. The molecule has 7 nitrogen and oxygen atoms in total. The summed E-state index contributed by atoms with van der Waals surface area (Å²) >= 11 is 5.87. The van der Waals surface area contributed by atoms with Gasteiger partial charge in [0.05, 0.1) is 15.5 Å². The quantitative estimate of drug-likeness (QED) is 0.714. The number of benzene rings is 1. The Labute approximate surface area is 134 Å². The van der Waals surface area contributed by atoms with Crippen LogP contribution in [0.1, 0.15) is 23.7 Å². The summed E-state index contributed by atoms with van der Waals surface area (Å²) in [5.41, 5.74) is -0.124. The second kappa shape index (κ2) is 8.11. The molecular weight excluding hydrogens is 332 g/mol. The van der Waals surface area contributed by atoms with Crippen molar-refractivity contribution >= 4 is 33.5 Å². The number of ether oxygens (including phenoxy) is 1. The molecule has 0 heterocycles. The predicted octanol–water partition coefficient (Wildman–Crippen LogP) is 0.931. The van der Waals surface area contributed by atoms with Crippen molar-refractivity contribution in [1.82, 2.24) is 10.0 Å². The van der Waals surface area contributed by atoms with Crippen LogP contribution >= 0.6 is 11.6 Å². The minimum absolute atomic E-state index is 0.0361. The van der Waals surface area contributed by atoms with Crippen molar-refractivity contribution in [2.24, 2.45) is 0 Å². The lowest BCUT2D eigenvalue weighted by Crippen LogP contribution is -2.29. The van der Waals surface area contributed by atoms with Crippen LogP contribution in [0.15, 0.2) is 23.1 Å². The van der Waals surface area contributed by atoms with E-state index in [2.05, 4.69) is 10.0 Å². The average Bonchev–Trinajstić information content (AvgIpc) is 2.50. The Morgan fingerprint density at radius 3 is 2.59 bits per heavy atom. The summed E-state index contributed by atoms with van der Waals surface area (Å²) in [4.78, 5) is 23.2. The van der Waals surface area contributed by atoms with Gasteiger partial charge in [0.15, 0.2) is 6.61 Å². The van der Waals surface area contributed by atoms with Gasteiger partial charge in [0.1, 0.15) is 0 Å². The number of carbonyl (C=O) groups is 2. The first-order valence-electron chi connectivity index (χ1n) is 6.48. The second-order valence-corrected chi connectivity index (χ2v) is 6.57. The topological polar surface area (TPSA) is 102 Å². The Bertz CT molecular complexity index is 660. The highest BCUT2D eigenvalue weighted by molar-refractivity contribution is 7.89. The monoisotopic (exact) mass is 348 g/mol. The third-order valence-corrected chi connectivity index (χ3v) is 4.38. The molecule has 22 heavy (non-hydrogen) atoms. The van der Waals surface area contributed by atoms with Gasteiger partial charge in [-0.3, -0.25) is 4.79 Å². The van der Waals surface area contributed by atoms with Gasteiger partial charge in [-0.2, -0.15) is 0 Å². The van der Waals surface area contributed by atoms with Crippen LogP contribution < -0.4 is 10.0 Å². The van der Waals surface area contributed by atoms with Gasteiger partial charge < -0.3 is 10.1 Å². The highest BCUT2D eigenvalue weighted by Gasteiger charge is 2.19. The van der Waals surface area contributed by atoms with Crippen LogP contribution in [0.5, 0.6) is 0 Å². The van der Waals surface area contributed by atoms with E-state index in [4.69, 9.17) is 16.3 Å². The largest absolute Gasteiger partial charge is 0.452 e. The van der Waals surface area contributed by atoms with Crippen LogP contribution in [-0.2, 0) is 19.6 Å². The fourth-order valence-electron chi connectivity index (χ4n) is 1.47. The molecule has 2 N–H and O–H groups in total. The van der Waals surface area contributed by atoms with E-state index in [1.807, 2.05) is 6.92 Å². The van der Waals surface area contributed by atoms with Crippen molar-refractivity contribution in [2.45, 2.75) is 18.2 Å². The molecule has 0 aliphatic heterocycles. The molecule has 9 heteroatoms. The Hall–Kier alpha value is -1.64. The molecule has 0 unspecified atom stereocenters. The van der Waals surface area contributed by atoms with Crippen LogP contribution in [0.2, 0.25) is 5.02 Å². The van der Waals surface area contributed by atoms with E-state index < -0.39 is 28.5 Å². The van der Waals surface area contributed by atoms with Gasteiger partial charge in [-0.05, 0) is 31.7 Å². The van der Waals surface area contributed by atoms with E-state index in [0.29, 0.717) is 6.54 Å². The van der Waals surface area contributed by atoms with E-state index in [-0.39, 0.29) is 15.5 Å². The summed E-state index contributed by atoms with van der Waals surface area (Å²) in [6, 6.07) is 3.64. The third kappa shape index (κ3) is 4.97. The minimum Gasteiger partial charge on any atom is -0.452 e. The highest BCUT2D eigenvalue weighted by Crippen LogP contribution is 2.21. The number of halogens is 1. The van der Waals surface area contributed by atoms with Crippen molar-refractivity contribution in [3.05, 3.63) is 28.8 Å². The normalized spacial score (nSPS) is 11.0. The maximum absolute atomic E-state index is 11.9. The van der Waals surface area contributed by atoms with Gasteiger partial charge >= 0.3 is 5.97 Å². The summed E-state index contributed by atoms with van der Waals surface area (Å²) in [5, 5.41) is 2.58. The zero-order valence-electron chi connectivity index (χ0n) is 12.2. The molecular formula is C13H17ClN2O5S. The number of carbonyl (C=O) groups excluding carboxylic acids is 2. The first-order chi connectivity index (χ1) is 10.3. The molecule has 0 atom stereocenters. The molecule has 1 aromatic rings. The van der Waals surface area contributed by atoms with Crippen molar-refractivity contribution in [3.8, 4) is 0 Å². The fourth-order valence-corrected chi connectivity index (χ4v) is 2.42. The first-order valence-corrected chi connectivity index (χ1v) is 8.34. The third-order valence-electron chi connectivity index (χ3n) is 2.64. The second-order valence-electron chi connectivity index (χ2n) is 4.28. The molecule has 0 bridgehead atoms. The molecule has 0 saturated carbocycles. The zero-order valence-corrected chi connectivity index (χ0v) is 13.8. The van der Waals surface area contributed by atoms with Gasteiger partial charge in [-0.1, -0.05) is 18.5 Å². The molecule has 0 saturated heterocycles. The molecule has 0 fully saturated rings. The minimum atomic E-state index is -3.71. The van der Waals surface area contributed by atoms with Crippen molar-refractivity contribution in [1.29, 1.82) is 0 Å². The van der Waals surface area contributed by atoms with E-state index in [9.17, 15) is 18.0 Å². The van der Waals surface area contributed by atoms with Crippen molar-refractivity contribution in [2.75, 3.05) is 20.2 Å². The molecule has 0 spiro atoms. The molecule has 1 aromatic carbocycles. The maximum atomic E-state index is 11.9. The number of sulfonamides is 1. The van der Waals surface area contributed by atoms with Gasteiger partial charge in [-0.15, -0.1) is 0 Å². The van der Waals surface area contributed by atoms with Crippen LogP contribution in [0.25, 0.3) is 0 Å². The molecule has 0 aliphatic rings. The van der Waals surface area contributed by atoms with E-state index in [1.54, 1.807) is 0 Å². The number of rotatable bonds is 7. The number of hydrogen-bond donors (Lipinski definition) is 2. The maximum Gasteiger partial charge on any atom is 0.340 e. The van der Waals surface area contributed by atoms with Crippen LogP contribution in [0, 0.1) is 0 Å². The molecule has 0 aliphatic carbocycles. The van der Waals surface area contributed by atoms with Crippen LogP contribution in [0.3, 0.4) is 0 Å². The van der Waals surface area contributed by atoms with E-state index in [0.717, 1.165) is 12.5 Å². The smallest absolute Gasteiger partial charge is 0.340 e. The summed E-state index contributed by atoms with van der Waals surface area (Å²) in [5.74, 6) is -1.31. The number of nitrogens with one attached hydrogen (secondary N) is 2. The lowest BCUT2D eigenvalue weighted by molar-refractivity contribution is -0.124. The van der Waals surface area contributed by atoms with Gasteiger partial charge in [0.2, 0.25) is 10.0 Å². The summed E-state index contributed by atoms with van der Waals surface area (Å²) in [7, 11) is -2.46. The number of amides is 1. The van der Waals surface area contributed by atoms with Gasteiger partial charge in [-0.25, -0.2) is 17.9 Å². The van der Waals surface area contributed by atoms with E-state index >= 15 is 0 Å². The van der Waals surface area contributed by atoms with Crippen molar-refractivity contribution < 1.29 is 22.7 Å². The predicted molar refractivity (Wildman–Crippen MR) is 81.3 cm³/mol. The lowest BCUT2D eigenvalue weighted by Gasteiger charge is -2.09. The Morgan fingerprint density at radius 1 is 1.32 bits per heavy atom. The van der Waals surface area contributed by atoms with Crippen LogP contribution in [0.4, 0.5) is 0 Å². The molecule has 1 rings (SSSR count). The number of hydrogen-bond acceptors (Lipinski definition) is 5. The molecule has 0 aromatic heterocycles. The van der Waals surface area contributed by atoms with Gasteiger partial charge in [0.25, 0.3) is 5.91 Å². The summed E-state index contributed by atoms with van der Waals surface area (Å²) < 4.78 is 30.3. The lowest BCUT2D eigenvalue weighted by atomic mass is 10.2. The number of esters is 1. The average molecular weight is 349 g/mol. The zero-order chi connectivity index (χ0) is 16.8. The van der Waals surface area contributed by atoms with Crippen LogP contribution in [-0.4, -0.2) is 40.5 Å². The Balaban J connectivity index is 2.85. The molecule has 1 amide bonds. The highest BCUT2D eigenvalue weighted by atomic mass is 35.5. The molecule has 122 valence electrons. The Morgan fingerprint density at radius 2 is 2.00 bits per heavy atom. The molecule has 0 radical (unpaired) electrons.